The quantitative estimate of drug-likeness (QED) is 0.252. The molecule has 1 atom stereocenters. The zero-order valence-electron chi connectivity index (χ0n) is 20.8. The smallest absolute Gasteiger partial charge is 0.303 e. The highest BCUT2D eigenvalue weighted by Gasteiger charge is 2.25. The van der Waals surface area contributed by atoms with Gasteiger partial charge >= 0.3 is 5.97 Å². The van der Waals surface area contributed by atoms with Crippen LogP contribution in [-0.2, 0) is 32.3 Å². The monoisotopic (exact) mass is 531 g/mol. The highest BCUT2D eigenvalue weighted by Crippen LogP contribution is 2.26. The second-order valence-electron chi connectivity index (χ2n) is 9.50. The largest absolute Gasteiger partial charge is 0.481 e. The number of benzene rings is 3. The first-order chi connectivity index (χ1) is 18.3. The van der Waals surface area contributed by atoms with Crippen LogP contribution in [0.4, 0.5) is 5.69 Å². The van der Waals surface area contributed by atoms with Gasteiger partial charge in [0, 0.05) is 12.0 Å². The Hall–Kier alpha value is -4.00. The van der Waals surface area contributed by atoms with Gasteiger partial charge in [-0.2, -0.15) is 5.26 Å². The van der Waals surface area contributed by atoms with Crippen LogP contribution in [0, 0.1) is 11.3 Å². The van der Waals surface area contributed by atoms with Gasteiger partial charge in [0.2, 0.25) is 6.41 Å². The van der Waals surface area contributed by atoms with E-state index in [0.29, 0.717) is 23.6 Å². The van der Waals surface area contributed by atoms with Crippen molar-refractivity contribution in [3.05, 3.63) is 95.1 Å². The second-order valence-corrected chi connectivity index (χ2v) is 11.5. The van der Waals surface area contributed by atoms with Gasteiger partial charge in [0.15, 0.2) is 9.84 Å². The number of carbonyl (C=O) groups is 2. The number of carboxylic acid groups (broad SMARTS) is 1. The minimum Gasteiger partial charge on any atom is -0.481 e. The van der Waals surface area contributed by atoms with Crippen molar-refractivity contribution < 1.29 is 23.1 Å². The molecule has 0 spiro atoms. The predicted molar refractivity (Wildman–Crippen MR) is 143 cm³/mol. The Morgan fingerprint density at radius 2 is 1.74 bits per heavy atom. The van der Waals surface area contributed by atoms with Crippen molar-refractivity contribution in [3.63, 3.8) is 0 Å². The molecular weight excluding hydrogens is 502 g/mol. The molecular formula is C29H29N3O5S. The summed E-state index contributed by atoms with van der Waals surface area (Å²) in [6.07, 6.45) is 3.97. The molecule has 2 N–H and O–H groups in total. The highest BCUT2D eigenvalue weighted by atomic mass is 32.2. The van der Waals surface area contributed by atoms with E-state index in [0.717, 1.165) is 42.5 Å². The van der Waals surface area contributed by atoms with Gasteiger partial charge in [-0.1, -0.05) is 36.4 Å². The van der Waals surface area contributed by atoms with E-state index in [1.165, 1.54) is 5.01 Å². The fourth-order valence-electron chi connectivity index (χ4n) is 4.26. The van der Waals surface area contributed by atoms with Crippen molar-refractivity contribution in [2.24, 2.45) is 0 Å². The van der Waals surface area contributed by atoms with E-state index in [1.54, 1.807) is 48.5 Å². The number of hydrogen-bond acceptors (Lipinski definition) is 6. The van der Waals surface area contributed by atoms with Crippen molar-refractivity contribution in [3.8, 4) is 6.07 Å². The third kappa shape index (κ3) is 7.28. The number of nitrogens with zero attached hydrogens (tertiary/aromatic N) is 2. The maximum Gasteiger partial charge on any atom is 0.303 e. The first kappa shape index (κ1) is 27.0. The lowest BCUT2D eigenvalue weighted by Crippen LogP contribution is -2.38. The number of hydrazine groups is 1. The molecule has 1 aliphatic carbocycles. The molecule has 1 amide bonds. The van der Waals surface area contributed by atoms with E-state index in [-0.39, 0.29) is 17.1 Å². The molecule has 9 heteroatoms. The Labute approximate surface area is 222 Å². The minimum atomic E-state index is -3.75. The number of aryl methyl sites for hydroxylation is 2. The predicted octanol–water partition coefficient (Wildman–Crippen LogP) is 4.01. The number of hydrogen-bond donors (Lipinski definition) is 2. The van der Waals surface area contributed by atoms with Crippen LogP contribution in [0.2, 0.25) is 0 Å². The summed E-state index contributed by atoms with van der Waals surface area (Å²) in [5.74, 6) is -2.18. The summed E-state index contributed by atoms with van der Waals surface area (Å²) in [7, 11) is -3.75. The third-order valence-electron chi connectivity index (χ3n) is 6.53. The first-order valence-electron chi connectivity index (χ1n) is 12.4. The fraction of sp³-hybridized carbons (Fsp3) is 0.276. The zero-order chi connectivity index (χ0) is 27.1. The second kappa shape index (κ2) is 12.0. The van der Waals surface area contributed by atoms with Crippen molar-refractivity contribution in [2.45, 2.75) is 49.0 Å². The van der Waals surface area contributed by atoms with Crippen LogP contribution in [-0.4, -0.2) is 37.7 Å². The van der Waals surface area contributed by atoms with Gasteiger partial charge in [0.1, 0.15) is 0 Å². The average molecular weight is 532 g/mol. The summed E-state index contributed by atoms with van der Waals surface area (Å²) in [6, 6.07) is 23.1. The molecule has 38 heavy (non-hydrogen) atoms. The van der Waals surface area contributed by atoms with E-state index < -0.39 is 21.7 Å². The Kier molecular flexibility index (Phi) is 8.56. The fourth-order valence-corrected chi connectivity index (χ4v) is 5.85. The Morgan fingerprint density at radius 1 is 1.05 bits per heavy atom. The Morgan fingerprint density at radius 3 is 2.34 bits per heavy atom. The summed E-state index contributed by atoms with van der Waals surface area (Å²) in [4.78, 5) is 23.0. The number of nitriles is 1. The number of rotatable bonds is 13. The first-order valence-corrected chi connectivity index (χ1v) is 14.1. The van der Waals surface area contributed by atoms with E-state index in [2.05, 4.69) is 5.43 Å². The molecule has 0 aliphatic heterocycles. The number of carboxylic acids is 1. The number of amides is 1. The van der Waals surface area contributed by atoms with Crippen LogP contribution in [0.25, 0.3) is 0 Å². The topological polar surface area (TPSA) is 128 Å². The number of carbonyl (C=O) groups excluding carboxylic acids is 1. The molecule has 1 saturated carbocycles. The molecule has 1 fully saturated rings. The van der Waals surface area contributed by atoms with Crippen LogP contribution in [0.1, 0.15) is 47.4 Å². The standard InChI is InChI=1S/C29H29N3O5S/c30-18-23-6-10-24(11-7-23)25(17-29(34)35)19-38(36,37)28-14-8-21(9-15-28)4-5-22-2-1-3-27(16-22)32(20-33)31-26-12-13-26/h1-3,6-11,14-16,20,25-26,31H,4-5,12-13,17,19H2,(H,34,35). The molecule has 196 valence electrons. The van der Waals surface area contributed by atoms with E-state index in [1.807, 2.05) is 30.3 Å². The van der Waals surface area contributed by atoms with Crippen molar-refractivity contribution in [1.82, 2.24) is 5.43 Å². The molecule has 1 aliphatic rings. The molecule has 0 radical (unpaired) electrons. The van der Waals surface area contributed by atoms with Crippen molar-refractivity contribution in [1.29, 1.82) is 5.26 Å². The Balaban J connectivity index is 1.41. The van der Waals surface area contributed by atoms with Crippen LogP contribution in [0.3, 0.4) is 0 Å². The maximum atomic E-state index is 13.1. The van der Waals surface area contributed by atoms with E-state index in [4.69, 9.17) is 5.26 Å². The lowest BCUT2D eigenvalue weighted by molar-refractivity contribution is -0.137. The highest BCUT2D eigenvalue weighted by molar-refractivity contribution is 7.91. The van der Waals surface area contributed by atoms with Gasteiger partial charge in [-0.25, -0.2) is 18.9 Å². The van der Waals surface area contributed by atoms with Gasteiger partial charge in [0.05, 0.1) is 34.4 Å². The van der Waals surface area contributed by atoms with Crippen molar-refractivity contribution >= 4 is 27.9 Å². The minimum absolute atomic E-state index is 0.139. The van der Waals surface area contributed by atoms with Gasteiger partial charge in [-0.05, 0) is 78.8 Å². The summed E-state index contributed by atoms with van der Waals surface area (Å²) in [5, 5.41) is 19.8. The lowest BCUT2D eigenvalue weighted by atomic mass is 9.97. The summed E-state index contributed by atoms with van der Waals surface area (Å²) < 4.78 is 26.3. The molecule has 0 saturated heterocycles. The number of sulfone groups is 1. The Bertz CT molecular complexity index is 1430. The van der Waals surface area contributed by atoms with Gasteiger partial charge in [-0.15, -0.1) is 0 Å². The van der Waals surface area contributed by atoms with Crippen molar-refractivity contribution in [2.75, 3.05) is 10.8 Å². The molecule has 0 heterocycles. The van der Waals surface area contributed by atoms with Crippen LogP contribution in [0.15, 0.2) is 77.7 Å². The maximum absolute atomic E-state index is 13.1. The number of anilines is 1. The summed E-state index contributed by atoms with van der Waals surface area (Å²) in [5.41, 5.74) is 6.97. The summed E-state index contributed by atoms with van der Waals surface area (Å²) >= 11 is 0. The molecule has 3 aromatic carbocycles. The molecule has 3 aromatic rings. The molecule has 1 unspecified atom stereocenters. The van der Waals surface area contributed by atoms with Gasteiger partial charge in [-0.3, -0.25) is 9.59 Å². The summed E-state index contributed by atoms with van der Waals surface area (Å²) in [6.45, 7) is 0. The SMILES string of the molecule is N#Cc1ccc(C(CC(=O)O)CS(=O)(=O)c2ccc(CCc3cccc(N(C=O)NC4CC4)c3)cc2)cc1. The molecule has 4 rings (SSSR count). The zero-order valence-corrected chi connectivity index (χ0v) is 21.6. The average Bonchev–Trinajstić information content (AvgIpc) is 3.74. The van der Waals surface area contributed by atoms with Gasteiger partial charge in [0.25, 0.3) is 0 Å². The van der Waals surface area contributed by atoms with Gasteiger partial charge < -0.3 is 5.11 Å². The van der Waals surface area contributed by atoms with Crippen LogP contribution >= 0.6 is 0 Å². The normalized spacial score (nSPS) is 13.9. The lowest BCUT2D eigenvalue weighted by Gasteiger charge is -2.19. The van der Waals surface area contributed by atoms with Crippen LogP contribution < -0.4 is 10.4 Å². The molecule has 8 nitrogen and oxygen atoms in total. The van der Waals surface area contributed by atoms with E-state index in [9.17, 15) is 23.1 Å². The third-order valence-corrected chi connectivity index (χ3v) is 8.36. The van der Waals surface area contributed by atoms with Crippen LogP contribution in [0.5, 0.6) is 0 Å². The molecule has 0 bridgehead atoms. The molecule has 0 aromatic heterocycles. The number of aliphatic carboxylic acids is 1. The van der Waals surface area contributed by atoms with E-state index >= 15 is 0 Å². The number of nitrogens with one attached hydrogen (secondary N) is 1.